The molecule has 39 heavy (non-hydrogen) atoms. The molecule has 0 spiro atoms. The van der Waals surface area contributed by atoms with E-state index in [2.05, 4.69) is 5.32 Å². The van der Waals surface area contributed by atoms with Crippen LogP contribution in [0.25, 0.3) is 16.8 Å². The van der Waals surface area contributed by atoms with Crippen molar-refractivity contribution in [2.75, 3.05) is 11.9 Å². The molecular weight excluding hydrogens is 536 g/mol. The Bertz CT molecular complexity index is 1730. The van der Waals surface area contributed by atoms with Crippen LogP contribution in [0.4, 0.5) is 10.5 Å². The minimum atomic E-state index is -4.19. The van der Waals surface area contributed by atoms with Gasteiger partial charge < -0.3 is 9.50 Å². The van der Waals surface area contributed by atoms with Crippen molar-refractivity contribution in [2.45, 2.75) is 11.8 Å². The van der Waals surface area contributed by atoms with Gasteiger partial charge in [0.25, 0.3) is 11.1 Å². The number of hydrogen-bond acceptors (Lipinski definition) is 7. The summed E-state index contributed by atoms with van der Waals surface area (Å²) in [5.41, 5.74) is 1.76. The molecule has 0 aliphatic carbocycles. The number of carbonyl (C=O) groups is 3. The monoisotopic (exact) mass is 558 g/mol. The number of nitrogens with one attached hydrogen (secondary N) is 1. The van der Waals surface area contributed by atoms with Crippen molar-refractivity contribution >= 4 is 61.5 Å². The second kappa shape index (κ2) is 10.8. The summed E-state index contributed by atoms with van der Waals surface area (Å²) < 4.78 is 31.7. The Morgan fingerprint density at radius 2 is 1.62 bits per heavy atom. The van der Waals surface area contributed by atoms with E-state index in [9.17, 15) is 22.8 Å². The molecule has 1 aliphatic rings. The van der Waals surface area contributed by atoms with Gasteiger partial charge in [-0.3, -0.25) is 19.3 Å². The van der Waals surface area contributed by atoms with Crippen molar-refractivity contribution in [2.24, 2.45) is 0 Å². The molecule has 1 saturated heterocycles. The first-order valence-electron chi connectivity index (χ1n) is 11.8. The van der Waals surface area contributed by atoms with Gasteiger partial charge in [0.2, 0.25) is 5.91 Å². The van der Waals surface area contributed by atoms with E-state index in [0.29, 0.717) is 28.4 Å². The number of imide groups is 1. The van der Waals surface area contributed by atoms with Crippen molar-refractivity contribution in [3.63, 3.8) is 0 Å². The lowest BCUT2D eigenvalue weighted by atomic mass is 10.0. The molecule has 1 aliphatic heterocycles. The number of nitrogens with zero attached hydrogens (tertiary/aromatic N) is 1. The Kier molecular flexibility index (Phi) is 7.23. The first-order valence-corrected chi connectivity index (χ1v) is 14.1. The zero-order valence-corrected chi connectivity index (χ0v) is 22.3. The molecule has 1 heterocycles. The third-order valence-electron chi connectivity index (χ3n) is 5.95. The van der Waals surface area contributed by atoms with Crippen LogP contribution in [0.1, 0.15) is 11.1 Å². The van der Waals surface area contributed by atoms with Crippen molar-refractivity contribution in [1.82, 2.24) is 4.90 Å². The Morgan fingerprint density at radius 1 is 0.923 bits per heavy atom. The minimum Gasteiger partial charge on any atom is -0.378 e. The Labute approximate surface area is 229 Å². The largest absolute Gasteiger partial charge is 0.378 e. The molecule has 196 valence electrons. The van der Waals surface area contributed by atoms with Crippen molar-refractivity contribution in [3.05, 3.63) is 107 Å². The molecule has 0 saturated carbocycles. The number of aryl methyl sites for hydroxylation is 1. The number of benzene rings is 4. The summed E-state index contributed by atoms with van der Waals surface area (Å²) in [7, 11) is -4.19. The van der Waals surface area contributed by atoms with Crippen LogP contribution in [0.15, 0.2) is 101 Å². The quantitative estimate of drug-likeness (QED) is 0.233. The first kappa shape index (κ1) is 26.2. The van der Waals surface area contributed by atoms with E-state index < -0.39 is 33.7 Å². The van der Waals surface area contributed by atoms with Gasteiger partial charge in [0.05, 0.1) is 4.91 Å². The summed E-state index contributed by atoms with van der Waals surface area (Å²) in [6.45, 7) is 1.38. The smallest absolute Gasteiger partial charge is 0.339 e. The topological polar surface area (TPSA) is 110 Å². The number of rotatable bonds is 7. The number of hydrogen-bond donors (Lipinski definition) is 1. The van der Waals surface area contributed by atoms with Crippen LogP contribution in [-0.4, -0.2) is 36.9 Å². The van der Waals surface area contributed by atoms with E-state index in [0.717, 1.165) is 15.8 Å². The standard InChI is InChI=1S/C29H22N2O6S2/c1-19-11-14-22(15-12-19)39(35,36)37-25-16-13-20-7-5-6-10-23(20)24(25)17-26-28(33)31(29(34)38-26)18-27(32)30-21-8-3-2-4-9-21/h2-17H,18H2,1H3,(H,30,32)/b26-17-. The summed E-state index contributed by atoms with van der Waals surface area (Å²) >= 11 is 0.672. The molecule has 4 aromatic carbocycles. The van der Waals surface area contributed by atoms with Gasteiger partial charge in [0.15, 0.2) is 5.75 Å². The van der Waals surface area contributed by atoms with Gasteiger partial charge in [-0.25, -0.2) is 0 Å². The number of fused-ring (bicyclic) bond motifs is 1. The van der Waals surface area contributed by atoms with Gasteiger partial charge in [-0.1, -0.05) is 66.2 Å². The second-order valence-corrected chi connectivity index (χ2v) is 11.3. The van der Waals surface area contributed by atoms with E-state index in [1.807, 2.05) is 19.1 Å². The number of para-hydroxylation sites is 1. The molecule has 0 aromatic heterocycles. The summed E-state index contributed by atoms with van der Waals surface area (Å²) in [6.07, 6.45) is 1.43. The molecule has 0 radical (unpaired) electrons. The van der Waals surface area contributed by atoms with Crippen LogP contribution in [-0.2, 0) is 19.7 Å². The SMILES string of the molecule is Cc1ccc(S(=O)(=O)Oc2ccc3ccccc3c2/C=C2\SC(=O)N(CC(=O)Nc3ccccc3)C2=O)cc1. The molecule has 0 atom stereocenters. The highest BCUT2D eigenvalue weighted by molar-refractivity contribution is 8.18. The molecule has 3 amide bonds. The van der Waals surface area contributed by atoms with Crippen LogP contribution in [0.2, 0.25) is 0 Å². The van der Waals surface area contributed by atoms with Crippen molar-refractivity contribution in [1.29, 1.82) is 0 Å². The van der Waals surface area contributed by atoms with E-state index in [4.69, 9.17) is 4.18 Å². The summed E-state index contributed by atoms with van der Waals surface area (Å²) in [5.74, 6) is -1.18. The fourth-order valence-electron chi connectivity index (χ4n) is 4.00. The Hall–Kier alpha value is -4.41. The number of amides is 3. The second-order valence-electron chi connectivity index (χ2n) is 8.73. The maximum Gasteiger partial charge on any atom is 0.339 e. The van der Waals surface area contributed by atoms with Crippen LogP contribution in [0.3, 0.4) is 0 Å². The van der Waals surface area contributed by atoms with Gasteiger partial charge in [-0.2, -0.15) is 8.42 Å². The Morgan fingerprint density at radius 3 is 2.36 bits per heavy atom. The van der Waals surface area contributed by atoms with Gasteiger partial charge in [0.1, 0.15) is 11.4 Å². The summed E-state index contributed by atoms with van der Waals surface area (Å²) in [4.78, 5) is 39.2. The van der Waals surface area contributed by atoms with E-state index >= 15 is 0 Å². The third-order valence-corrected chi connectivity index (χ3v) is 8.10. The molecule has 0 unspecified atom stereocenters. The van der Waals surface area contributed by atoms with E-state index in [-0.39, 0.29) is 15.6 Å². The third kappa shape index (κ3) is 5.71. The maximum atomic E-state index is 13.2. The van der Waals surface area contributed by atoms with Gasteiger partial charge >= 0.3 is 10.1 Å². The first-order chi connectivity index (χ1) is 18.7. The average Bonchev–Trinajstić information content (AvgIpc) is 3.18. The lowest BCUT2D eigenvalue weighted by Gasteiger charge is -2.13. The number of anilines is 1. The van der Waals surface area contributed by atoms with Crippen molar-refractivity contribution < 1.29 is 27.0 Å². The molecule has 10 heteroatoms. The van der Waals surface area contributed by atoms with Crippen LogP contribution >= 0.6 is 11.8 Å². The predicted molar refractivity (Wildman–Crippen MR) is 151 cm³/mol. The zero-order chi connectivity index (χ0) is 27.6. The van der Waals surface area contributed by atoms with Crippen molar-refractivity contribution in [3.8, 4) is 5.75 Å². The lowest BCUT2D eigenvalue weighted by molar-refractivity contribution is -0.127. The molecule has 1 N–H and O–H groups in total. The molecule has 5 rings (SSSR count). The molecule has 8 nitrogen and oxygen atoms in total. The fraction of sp³-hybridized carbons (Fsp3) is 0.0690. The zero-order valence-electron chi connectivity index (χ0n) is 20.7. The van der Waals surface area contributed by atoms with Gasteiger partial charge in [-0.15, -0.1) is 0 Å². The van der Waals surface area contributed by atoms with Gasteiger partial charge in [0, 0.05) is 11.3 Å². The molecule has 4 aromatic rings. The van der Waals surface area contributed by atoms with Crippen LogP contribution < -0.4 is 9.50 Å². The maximum absolute atomic E-state index is 13.2. The average molecular weight is 559 g/mol. The molecule has 0 bridgehead atoms. The van der Waals surface area contributed by atoms with E-state index in [1.54, 1.807) is 60.7 Å². The van der Waals surface area contributed by atoms with Crippen LogP contribution in [0.5, 0.6) is 5.75 Å². The summed E-state index contributed by atoms with van der Waals surface area (Å²) in [6, 6.07) is 25.4. The fourth-order valence-corrected chi connectivity index (χ4v) is 5.77. The number of thioether (sulfide) groups is 1. The highest BCUT2D eigenvalue weighted by Crippen LogP contribution is 2.37. The van der Waals surface area contributed by atoms with E-state index in [1.165, 1.54) is 24.3 Å². The minimum absolute atomic E-state index is 0.00268. The highest BCUT2D eigenvalue weighted by atomic mass is 32.2. The summed E-state index contributed by atoms with van der Waals surface area (Å²) in [5, 5.41) is 3.46. The predicted octanol–water partition coefficient (Wildman–Crippen LogP) is 5.59. The normalized spacial score (nSPS) is 14.7. The van der Waals surface area contributed by atoms with Crippen LogP contribution in [0, 0.1) is 6.92 Å². The molecular formula is C29H22N2O6S2. The Balaban J connectivity index is 1.47. The molecule has 1 fully saturated rings. The van der Waals surface area contributed by atoms with Gasteiger partial charge in [-0.05, 0) is 65.9 Å². The lowest BCUT2D eigenvalue weighted by Crippen LogP contribution is -2.36. The highest BCUT2D eigenvalue weighted by Gasteiger charge is 2.36. The number of carbonyl (C=O) groups excluding carboxylic acids is 3.